The Bertz CT molecular complexity index is 1170. The summed E-state index contributed by atoms with van der Waals surface area (Å²) >= 11 is 1.31. The number of nitrogens with one attached hydrogen (secondary N) is 2. The molecular formula is C21H21N5O4S. The molecule has 0 atom stereocenters. The summed E-state index contributed by atoms with van der Waals surface area (Å²) < 4.78 is 0.805. The number of thiazole rings is 1. The number of hydrogen-bond donors (Lipinski definition) is 2. The fraction of sp³-hybridized carbons (Fsp3) is 0.286. The normalized spacial score (nSPS) is 13.4. The van der Waals surface area contributed by atoms with Gasteiger partial charge in [0.2, 0.25) is 5.91 Å². The molecular weight excluding hydrogens is 418 g/mol. The summed E-state index contributed by atoms with van der Waals surface area (Å²) in [5.41, 5.74) is 1.95. The minimum atomic E-state index is -0.445. The van der Waals surface area contributed by atoms with Crippen LogP contribution in [0.3, 0.4) is 0 Å². The van der Waals surface area contributed by atoms with E-state index in [1.807, 2.05) is 4.90 Å². The van der Waals surface area contributed by atoms with Crippen LogP contribution in [0.25, 0.3) is 10.2 Å². The zero-order chi connectivity index (χ0) is 22.0. The van der Waals surface area contributed by atoms with Crippen molar-refractivity contribution in [2.24, 2.45) is 0 Å². The van der Waals surface area contributed by atoms with Crippen LogP contribution in [0.1, 0.15) is 36.5 Å². The predicted molar refractivity (Wildman–Crippen MR) is 121 cm³/mol. The molecule has 10 heteroatoms. The average Bonchev–Trinajstić information content (AvgIpc) is 3.42. The predicted octanol–water partition coefficient (Wildman–Crippen LogP) is 4.41. The van der Waals surface area contributed by atoms with Gasteiger partial charge < -0.3 is 15.5 Å². The van der Waals surface area contributed by atoms with E-state index in [9.17, 15) is 19.7 Å². The highest BCUT2D eigenvalue weighted by atomic mass is 32.1. The van der Waals surface area contributed by atoms with Crippen molar-refractivity contribution in [3.05, 3.63) is 52.1 Å². The van der Waals surface area contributed by atoms with Gasteiger partial charge in [-0.05, 0) is 43.2 Å². The van der Waals surface area contributed by atoms with Crippen LogP contribution in [0.2, 0.25) is 0 Å². The molecule has 1 aliphatic rings. The number of aromatic nitrogens is 1. The molecule has 0 bridgehead atoms. The first kappa shape index (κ1) is 20.7. The summed E-state index contributed by atoms with van der Waals surface area (Å²) in [5.74, 6) is -0.550. The van der Waals surface area contributed by atoms with Crippen LogP contribution in [-0.2, 0) is 4.79 Å². The number of nitrogens with zero attached hydrogens (tertiary/aromatic N) is 3. The van der Waals surface area contributed by atoms with E-state index in [2.05, 4.69) is 15.6 Å². The number of rotatable bonds is 6. The van der Waals surface area contributed by atoms with Crippen molar-refractivity contribution in [1.29, 1.82) is 0 Å². The van der Waals surface area contributed by atoms with E-state index < -0.39 is 10.8 Å². The number of hydrogen-bond acceptors (Lipinski definition) is 7. The second-order valence-electron chi connectivity index (χ2n) is 7.21. The molecule has 2 amide bonds. The molecule has 0 radical (unpaired) electrons. The van der Waals surface area contributed by atoms with Crippen molar-refractivity contribution in [3.63, 3.8) is 0 Å². The highest BCUT2D eigenvalue weighted by Gasteiger charge is 2.24. The molecule has 4 rings (SSSR count). The van der Waals surface area contributed by atoms with Gasteiger partial charge in [0.15, 0.2) is 5.13 Å². The van der Waals surface area contributed by atoms with Crippen LogP contribution >= 0.6 is 11.3 Å². The van der Waals surface area contributed by atoms with Gasteiger partial charge in [-0.2, -0.15) is 0 Å². The Morgan fingerprint density at radius 3 is 2.65 bits per heavy atom. The van der Waals surface area contributed by atoms with E-state index in [0.29, 0.717) is 28.4 Å². The van der Waals surface area contributed by atoms with Crippen molar-refractivity contribution in [1.82, 2.24) is 4.98 Å². The van der Waals surface area contributed by atoms with Gasteiger partial charge in [0.25, 0.3) is 11.6 Å². The average molecular weight is 439 g/mol. The maximum absolute atomic E-state index is 12.7. The van der Waals surface area contributed by atoms with Gasteiger partial charge in [-0.3, -0.25) is 19.7 Å². The third-order valence-electron chi connectivity index (χ3n) is 5.09. The van der Waals surface area contributed by atoms with Crippen molar-refractivity contribution < 1.29 is 14.5 Å². The smallest absolute Gasteiger partial charge is 0.293 e. The van der Waals surface area contributed by atoms with Crippen molar-refractivity contribution in [3.8, 4) is 0 Å². The largest absolute Gasteiger partial charge is 0.366 e. The second kappa shape index (κ2) is 8.68. The third kappa shape index (κ3) is 4.48. The highest BCUT2D eigenvalue weighted by Crippen LogP contribution is 2.32. The quantitative estimate of drug-likeness (QED) is 0.434. The lowest BCUT2D eigenvalue weighted by Crippen LogP contribution is -2.19. The number of fused-ring (bicyclic) bond motifs is 1. The SMILES string of the molecule is CCC(=O)Nc1nc2ccc(NC(=O)c3ccc(N4CCCC4)c([N+](=O)[O-])c3)cc2s1. The van der Waals surface area contributed by atoms with Gasteiger partial charge in [0.1, 0.15) is 5.69 Å². The molecule has 1 saturated heterocycles. The maximum atomic E-state index is 12.7. The first-order valence-corrected chi connectivity index (χ1v) is 10.8. The van der Waals surface area contributed by atoms with E-state index in [4.69, 9.17) is 0 Å². The number of anilines is 3. The molecule has 2 aromatic carbocycles. The number of benzene rings is 2. The van der Waals surface area contributed by atoms with Crippen LogP contribution in [0.5, 0.6) is 0 Å². The van der Waals surface area contributed by atoms with Crippen molar-refractivity contribution in [2.45, 2.75) is 26.2 Å². The fourth-order valence-electron chi connectivity index (χ4n) is 3.50. The summed E-state index contributed by atoms with van der Waals surface area (Å²) in [4.78, 5) is 41.7. The Balaban J connectivity index is 1.54. The molecule has 2 heterocycles. The van der Waals surface area contributed by atoms with Gasteiger partial charge in [-0.25, -0.2) is 4.98 Å². The van der Waals surface area contributed by atoms with Gasteiger partial charge in [-0.15, -0.1) is 0 Å². The number of carbonyl (C=O) groups is 2. The Morgan fingerprint density at radius 2 is 1.94 bits per heavy atom. The monoisotopic (exact) mass is 439 g/mol. The number of nitro benzene ring substituents is 1. The zero-order valence-corrected chi connectivity index (χ0v) is 17.7. The summed E-state index contributed by atoms with van der Waals surface area (Å²) in [6.45, 7) is 3.32. The lowest BCUT2D eigenvalue weighted by atomic mass is 10.1. The van der Waals surface area contributed by atoms with E-state index >= 15 is 0 Å². The molecule has 0 spiro atoms. The topological polar surface area (TPSA) is 117 Å². The number of nitro groups is 1. The summed E-state index contributed by atoms with van der Waals surface area (Å²) in [5, 5.41) is 17.6. The molecule has 3 aromatic rings. The molecule has 0 saturated carbocycles. The number of carbonyl (C=O) groups excluding carboxylic acids is 2. The maximum Gasteiger partial charge on any atom is 0.293 e. The summed E-state index contributed by atoms with van der Waals surface area (Å²) in [6.07, 6.45) is 2.37. The van der Waals surface area contributed by atoms with Gasteiger partial charge >= 0.3 is 0 Å². The lowest BCUT2D eigenvalue weighted by Gasteiger charge is -2.17. The number of amides is 2. The Kier molecular flexibility index (Phi) is 5.81. The molecule has 0 unspecified atom stereocenters. The Hall–Kier alpha value is -3.53. The molecule has 0 aliphatic carbocycles. The van der Waals surface area contributed by atoms with Crippen molar-refractivity contribution in [2.75, 3.05) is 28.6 Å². The summed E-state index contributed by atoms with van der Waals surface area (Å²) in [6, 6.07) is 9.81. The van der Waals surface area contributed by atoms with Gasteiger partial charge in [0, 0.05) is 36.8 Å². The minimum Gasteiger partial charge on any atom is -0.366 e. The molecule has 31 heavy (non-hydrogen) atoms. The van der Waals surface area contributed by atoms with Crippen LogP contribution in [0.15, 0.2) is 36.4 Å². The fourth-order valence-corrected chi connectivity index (χ4v) is 4.42. The van der Waals surface area contributed by atoms with Gasteiger partial charge in [-0.1, -0.05) is 18.3 Å². The standard InChI is InChI=1S/C21H21N5O4S/c1-2-19(27)24-21-23-15-7-6-14(12-18(15)31-21)22-20(28)13-5-8-16(17(11-13)26(29)30)25-9-3-4-10-25/h5-8,11-12H,2-4,9-10H2,1H3,(H,22,28)(H,23,24,27). The Labute approximate surface area is 182 Å². The highest BCUT2D eigenvalue weighted by molar-refractivity contribution is 7.22. The molecule has 1 aromatic heterocycles. The minimum absolute atomic E-state index is 0.0660. The molecule has 160 valence electrons. The van der Waals surface area contributed by atoms with E-state index in [-0.39, 0.29) is 17.2 Å². The Morgan fingerprint density at radius 1 is 1.16 bits per heavy atom. The second-order valence-corrected chi connectivity index (χ2v) is 8.24. The molecule has 2 N–H and O–H groups in total. The van der Waals surface area contributed by atoms with E-state index in [0.717, 1.165) is 30.6 Å². The van der Waals surface area contributed by atoms with Crippen LogP contribution < -0.4 is 15.5 Å². The summed E-state index contributed by atoms with van der Waals surface area (Å²) in [7, 11) is 0. The first-order valence-electron chi connectivity index (χ1n) is 10.00. The van der Waals surface area contributed by atoms with E-state index in [1.165, 1.54) is 17.4 Å². The van der Waals surface area contributed by atoms with Crippen LogP contribution in [-0.4, -0.2) is 34.8 Å². The van der Waals surface area contributed by atoms with Crippen LogP contribution in [0, 0.1) is 10.1 Å². The third-order valence-corrected chi connectivity index (χ3v) is 6.03. The van der Waals surface area contributed by atoms with Crippen molar-refractivity contribution >= 4 is 55.6 Å². The first-order chi connectivity index (χ1) is 14.9. The molecule has 9 nitrogen and oxygen atoms in total. The van der Waals surface area contributed by atoms with Crippen LogP contribution in [0.4, 0.5) is 22.2 Å². The zero-order valence-electron chi connectivity index (χ0n) is 16.9. The lowest BCUT2D eigenvalue weighted by molar-refractivity contribution is -0.384. The molecule has 1 fully saturated rings. The molecule has 1 aliphatic heterocycles. The van der Waals surface area contributed by atoms with E-state index in [1.54, 1.807) is 37.3 Å². The van der Waals surface area contributed by atoms with Gasteiger partial charge in [0.05, 0.1) is 15.1 Å².